The molecule has 2 heteroatoms. The topological polar surface area (TPSA) is 40.9 Å². The molecule has 2 nitrogen and oxygen atoms in total. The fourth-order valence-electron chi connectivity index (χ4n) is 2.10. The van der Waals surface area contributed by atoms with Crippen molar-refractivity contribution < 1.29 is 4.79 Å². The van der Waals surface area contributed by atoms with E-state index in [1.54, 1.807) is 0 Å². The van der Waals surface area contributed by atoms with Crippen molar-refractivity contribution in [3.63, 3.8) is 0 Å². The Kier molecular flexibility index (Phi) is 3.46. The molecule has 1 aliphatic carbocycles. The molecule has 3 atom stereocenters. The van der Waals surface area contributed by atoms with E-state index in [-0.39, 0.29) is 11.8 Å². The Morgan fingerprint density at radius 3 is 2.86 bits per heavy atom. The number of rotatable bonds is 2. The van der Waals surface area contributed by atoms with Gasteiger partial charge in [-0.3, -0.25) is 4.79 Å². The van der Waals surface area contributed by atoms with Gasteiger partial charge in [-0.15, -0.1) is 0 Å². The van der Waals surface area contributed by atoms with Crippen molar-refractivity contribution in [3.8, 4) is 6.07 Å². The average Bonchev–Trinajstić information content (AvgIpc) is 2.12. The molecule has 0 spiro atoms. The van der Waals surface area contributed by atoms with Gasteiger partial charge in [0.05, 0.1) is 6.07 Å². The summed E-state index contributed by atoms with van der Waals surface area (Å²) < 4.78 is 0. The van der Waals surface area contributed by atoms with E-state index >= 15 is 0 Å². The SMILES string of the molecule is C=C(C)[C@@H]1CC(=O)[C@H](C)[C@@H](CC#N)C1. The first kappa shape index (κ1) is 11.0. The molecule has 0 aromatic heterocycles. The Morgan fingerprint density at radius 2 is 2.36 bits per heavy atom. The van der Waals surface area contributed by atoms with Gasteiger partial charge >= 0.3 is 0 Å². The summed E-state index contributed by atoms with van der Waals surface area (Å²) in [7, 11) is 0. The van der Waals surface area contributed by atoms with E-state index in [9.17, 15) is 4.79 Å². The molecular weight excluding hydrogens is 174 g/mol. The minimum absolute atomic E-state index is 0.0604. The zero-order chi connectivity index (χ0) is 10.7. The lowest BCUT2D eigenvalue weighted by molar-refractivity contribution is -0.127. The number of hydrogen-bond donors (Lipinski definition) is 0. The van der Waals surface area contributed by atoms with Gasteiger partial charge in [0.25, 0.3) is 0 Å². The summed E-state index contributed by atoms with van der Waals surface area (Å²) in [5, 5.41) is 8.66. The number of carbonyl (C=O) groups is 1. The summed E-state index contributed by atoms with van der Waals surface area (Å²) in [4.78, 5) is 11.6. The second-order valence-corrected chi connectivity index (χ2v) is 4.36. The van der Waals surface area contributed by atoms with E-state index in [2.05, 4.69) is 12.6 Å². The zero-order valence-electron chi connectivity index (χ0n) is 8.92. The van der Waals surface area contributed by atoms with E-state index in [0.717, 1.165) is 12.0 Å². The Hall–Kier alpha value is -1.10. The number of nitrogens with zero attached hydrogens (tertiary/aromatic N) is 1. The molecule has 0 N–H and O–H groups in total. The summed E-state index contributed by atoms with van der Waals surface area (Å²) in [6.45, 7) is 7.81. The molecule has 0 aromatic rings. The first-order valence-corrected chi connectivity index (χ1v) is 5.11. The number of allylic oxidation sites excluding steroid dienone is 1. The van der Waals surface area contributed by atoms with Crippen molar-refractivity contribution >= 4 is 5.78 Å². The van der Waals surface area contributed by atoms with Gasteiger partial charge in [0.15, 0.2) is 0 Å². The second-order valence-electron chi connectivity index (χ2n) is 4.36. The van der Waals surface area contributed by atoms with Crippen molar-refractivity contribution in [2.45, 2.75) is 33.1 Å². The van der Waals surface area contributed by atoms with E-state index in [1.807, 2.05) is 13.8 Å². The predicted octanol–water partition coefficient (Wildman–Crippen LogP) is 2.71. The molecule has 1 rings (SSSR count). The molecule has 0 radical (unpaired) electrons. The van der Waals surface area contributed by atoms with E-state index in [1.165, 1.54) is 0 Å². The van der Waals surface area contributed by atoms with Gasteiger partial charge in [0.1, 0.15) is 5.78 Å². The molecule has 0 saturated heterocycles. The van der Waals surface area contributed by atoms with Crippen LogP contribution in [0.4, 0.5) is 0 Å². The zero-order valence-corrected chi connectivity index (χ0v) is 8.92. The minimum Gasteiger partial charge on any atom is -0.299 e. The highest BCUT2D eigenvalue weighted by Gasteiger charge is 2.33. The van der Waals surface area contributed by atoms with Crippen molar-refractivity contribution in [2.24, 2.45) is 17.8 Å². The molecule has 1 aliphatic rings. The van der Waals surface area contributed by atoms with Gasteiger partial charge in [0, 0.05) is 18.8 Å². The normalized spacial score (nSPS) is 32.4. The van der Waals surface area contributed by atoms with Crippen LogP contribution in [0.5, 0.6) is 0 Å². The lowest BCUT2D eigenvalue weighted by atomic mass is 9.71. The Labute approximate surface area is 85.6 Å². The van der Waals surface area contributed by atoms with Crippen LogP contribution < -0.4 is 0 Å². The van der Waals surface area contributed by atoms with Gasteiger partial charge in [0.2, 0.25) is 0 Å². The molecule has 1 saturated carbocycles. The van der Waals surface area contributed by atoms with Crippen LogP contribution in [-0.4, -0.2) is 5.78 Å². The molecule has 0 unspecified atom stereocenters. The number of Topliss-reactive ketones (excluding diaryl/α,β-unsaturated/α-hetero) is 1. The third-order valence-electron chi connectivity index (χ3n) is 3.30. The second kappa shape index (κ2) is 4.41. The predicted molar refractivity (Wildman–Crippen MR) is 55.4 cm³/mol. The van der Waals surface area contributed by atoms with Gasteiger partial charge in [-0.25, -0.2) is 0 Å². The van der Waals surface area contributed by atoms with E-state index < -0.39 is 0 Å². The largest absolute Gasteiger partial charge is 0.299 e. The van der Waals surface area contributed by atoms with Crippen LogP contribution >= 0.6 is 0 Å². The first-order chi connectivity index (χ1) is 6.56. The molecule has 0 aromatic carbocycles. The molecule has 0 heterocycles. The van der Waals surface area contributed by atoms with Crippen LogP contribution in [0, 0.1) is 29.1 Å². The Morgan fingerprint density at radius 1 is 1.71 bits per heavy atom. The van der Waals surface area contributed by atoms with Crippen LogP contribution in [0.2, 0.25) is 0 Å². The fourth-order valence-corrected chi connectivity index (χ4v) is 2.10. The molecule has 0 bridgehead atoms. The number of hydrogen-bond acceptors (Lipinski definition) is 2. The monoisotopic (exact) mass is 191 g/mol. The molecule has 1 fully saturated rings. The minimum atomic E-state index is 0.0604. The molecular formula is C12H17NO. The standard InChI is InChI=1S/C12H17NO/c1-8(2)11-6-10(4-5-13)9(3)12(14)7-11/h9-11H,1,4,6-7H2,2-3H3/t9-,10+,11+/m1/s1. The third kappa shape index (κ3) is 2.23. The van der Waals surface area contributed by atoms with E-state index in [0.29, 0.717) is 24.5 Å². The Balaban J connectivity index is 2.72. The number of ketones is 1. The lowest BCUT2D eigenvalue weighted by Gasteiger charge is -2.32. The number of nitriles is 1. The molecule has 0 amide bonds. The highest BCUT2D eigenvalue weighted by atomic mass is 16.1. The van der Waals surface area contributed by atoms with Crippen molar-refractivity contribution in [1.82, 2.24) is 0 Å². The smallest absolute Gasteiger partial charge is 0.136 e. The average molecular weight is 191 g/mol. The maximum absolute atomic E-state index is 11.6. The quantitative estimate of drug-likeness (QED) is 0.630. The van der Waals surface area contributed by atoms with E-state index in [4.69, 9.17) is 5.26 Å². The molecule has 0 aliphatic heterocycles. The third-order valence-corrected chi connectivity index (χ3v) is 3.30. The van der Waals surface area contributed by atoms with Gasteiger partial charge in [-0.2, -0.15) is 5.26 Å². The molecule has 76 valence electrons. The summed E-state index contributed by atoms with van der Waals surface area (Å²) in [5.74, 6) is 0.898. The highest BCUT2D eigenvalue weighted by molar-refractivity contribution is 5.82. The van der Waals surface area contributed by atoms with Gasteiger partial charge < -0.3 is 0 Å². The van der Waals surface area contributed by atoms with Gasteiger partial charge in [-0.05, 0) is 25.2 Å². The Bertz CT molecular complexity index is 287. The van der Waals surface area contributed by atoms with Crippen LogP contribution in [0.15, 0.2) is 12.2 Å². The van der Waals surface area contributed by atoms with Gasteiger partial charge in [-0.1, -0.05) is 19.1 Å². The number of carbonyl (C=O) groups excluding carboxylic acids is 1. The van der Waals surface area contributed by atoms with Crippen LogP contribution in [-0.2, 0) is 4.79 Å². The summed E-state index contributed by atoms with van der Waals surface area (Å²) in [5.41, 5.74) is 1.08. The highest BCUT2D eigenvalue weighted by Crippen LogP contribution is 2.36. The maximum atomic E-state index is 11.6. The van der Waals surface area contributed by atoms with Crippen molar-refractivity contribution in [1.29, 1.82) is 5.26 Å². The summed E-state index contributed by atoms with van der Waals surface area (Å²) >= 11 is 0. The van der Waals surface area contributed by atoms with Crippen LogP contribution in [0.1, 0.15) is 33.1 Å². The lowest BCUT2D eigenvalue weighted by Crippen LogP contribution is -2.31. The first-order valence-electron chi connectivity index (χ1n) is 5.11. The summed E-state index contributed by atoms with van der Waals surface area (Å²) in [6.07, 6.45) is 2.07. The van der Waals surface area contributed by atoms with Crippen molar-refractivity contribution in [3.05, 3.63) is 12.2 Å². The van der Waals surface area contributed by atoms with Crippen LogP contribution in [0.25, 0.3) is 0 Å². The summed E-state index contributed by atoms with van der Waals surface area (Å²) in [6, 6.07) is 2.17. The van der Waals surface area contributed by atoms with Crippen molar-refractivity contribution in [2.75, 3.05) is 0 Å². The maximum Gasteiger partial charge on any atom is 0.136 e. The molecule has 14 heavy (non-hydrogen) atoms. The van der Waals surface area contributed by atoms with Crippen LogP contribution in [0.3, 0.4) is 0 Å². The fraction of sp³-hybridized carbons (Fsp3) is 0.667.